The van der Waals surface area contributed by atoms with Crippen molar-refractivity contribution in [3.63, 3.8) is 0 Å². The highest BCUT2D eigenvalue weighted by atomic mass is 32.1. The van der Waals surface area contributed by atoms with Crippen molar-refractivity contribution in [1.82, 2.24) is 10.2 Å². The van der Waals surface area contributed by atoms with Gasteiger partial charge in [-0.3, -0.25) is 0 Å². The first-order chi connectivity index (χ1) is 7.15. The second kappa shape index (κ2) is 8.88. The van der Waals surface area contributed by atoms with Crippen LogP contribution in [0.3, 0.4) is 0 Å². The minimum absolute atomic E-state index is 0.235. The summed E-state index contributed by atoms with van der Waals surface area (Å²) >= 11 is 5.28. The van der Waals surface area contributed by atoms with Crippen molar-refractivity contribution in [2.45, 2.75) is 19.9 Å². The Kier molecular flexibility index (Phi) is 8.65. The maximum Gasteiger partial charge on any atom is 0.169 e. The molecule has 0 aromatic heterocycles. The van der Waals surface area contributed by atoms with Gasteiger partial charge in [-0.05, 0) is 26.1 Å². The third-order valence-electron chi connectivity index (χ3n) is 2.02. The summed E-state index contributed by atoms with van der Waals surface area (Å²) in [4.78, 5) is 2.07. The third-order valence-corrected chi connectivity index (χ3v) is 2.40. The number of nitrogens with one attached hydrogen (secondary N) is 1. The number of thiocarbonyl (C=S) groups is 1. The first-order valence-corrected chi connectivity index (χ1v) is 5.59. The molecule has 1 unspecified atom stereocenters. The van der Waals surface area contributed by atoms with Gasteiger partial charge in [0.15, 0.2) is 5.11 Å². The maximum atomic E-state index is 5.28. The number of rotatable bonds is 7. The van der Waals surface area contributed by atoms with E-state index in [-0.39, 0.29) is 6.04 Å². The van der Waals surface area contributed by atoms with Gasteiger partial charge in [0, 0.05) is 33.4 Å². The summed E-state index contributed by atoms with van der Waals surface area (Å²) in [6.07, 6.45) is 0. The molecule has 0 bridgehead atoms. The fraction of sp³-hybridized carbons (Fsp3) is 0.900. The summed E-state index contributed by atoms with van der Waals surface area (Å²) in [5.41, 5.74) is 0. The van der Waals surface area contributed by atoms with Crippen molar-refractivity contribution >= 4 is 17.3 Å². The van der Waals surface area contributed by atoms with Crippen LogP contribution in [-0.4, -0.2) is 56.6 Å². The van der Waals surface area contributed by atoms with Crippen LogP contribution >= 0.6 is 12.2 Å². The summed E-state index contributed by atoms with van der Waals surface area (Å²) in [7, 11) is 3.38. The summed E-state index contributed by atoms with van der Waals surface area (Å²) < 4.78 is 10.1. The van der Waals surface area contributed by atoms with Gasteiger partial charge in [-0.25, -0.2) is 0 Å². The molecule has 90 valence electrons. The zero-order chi connectivity index (χ0) is 11.7. The molecule has 4 nitrogen and oxygen atoms in total. The molecule has 15 heavy (non-hydrogen) atoms. The highest BCUT2D eigenvalue weighted by molar-refractivity contribution is 7.80. The molecule has 5 heteroatoms. The van der Waals surface area contributed by atoms with Gasteiger partial charge in [-0.2, -0.15) is 0 Å². The Labute approximate surface area is 97.9 Å². The van der Waals surface area contributed by atoms with Crippen LogP contribution in [0.25, 0.3) is 0 Å². The Morgan fingerprint density at radius 1 is 1.40 bits per heavy atom. The Hall–Kier alpha value is -0.390. The lowest BCUT2D eigenvalue weighted by Gasteiger charge is -2.26. The SMILES string of the molecule is CCN(CCOC)C(=S)NC(C)COC. The van der Waals surface area contributed by atoms with Gasteiger partial charge in [0.25, 0.3) is 0 Å². The number of likely N-dealkylation sites (N-methyl/N-ethyl adjacent to an activating group) is 1. The van der Waals surface area contributed by atoms with Crippen LogP contribution in [0.15, 0.2) is 0 Å². The molecule has 1 N–H and O–H groups in total. The molecule has 0 aromatic carbocycles. The minimum atomic E-state index is 0.235. The van der Waals surface area contributed by atoms with Gasteiger partial charge in [-0.15, -0.1) is 0 Å². The van der Waals surface area contributed by atoms with Crippen LogP contribution in [0.5, 0.6) is 0 Å². The van der Waals surface area contributed by atoms with Crippen molar-refractivity contribution < 1.29 is 9.47 Å². The molecule has 0 amide bonds. The van der Waals surface area contributed by atoms with Gasteiger partial charge in [0.2, 0.25) is 0 Å². The predicted molar refractivity (Wildman–Crippen MR) is 66.2 cm³/mol. The van der Waals surface area contributed by atoms with Crippen LogP contribution < -0.4 is 5.32 Å². The van der Waals surface area contributed by atoms with E-state index in [1.807, 2.05) is 6.92 Å². The topological polar surface area (TPSA) is 33.7 Å². The van der Waals surface area contributed by atoms with Crippen LogP contribution in [-0.2, 0) is 9.47 Å². The monoisotopic (exact) mass is 234 g/mol. The smallest absolute Gasteiger partial charge is 0.169 e. The maximum absolute atomic E-state index is 5.28. The van der Waals surface area contributed by atoms with E-state index in [9.17, 15) is 0 Å². The fourth-order valence-electron chi connectivity index (χ4n) is 1.20. The van der Waals surface area contributed by atoms with Crippen molar-refractivity contribution in [2.75, 3.05) is 40.5 Å². The molecule has 0 rings (SSSR count). The number of ether oxygens (including phenoxy) is 2. The lowest BCUT2D eigenvalue weighted by atomic mass is 10.4. The average Bonchev–Trinajstić information content (AvgIpc) is 2.19. The summed E-state index contributed by atoms with van der Waals surface area (Å²) in [5.74, 6) is 0. The van der Waals surface area contributed by atoms with Gasteiger partial charge in [-0.1, -0.05) is 0 Å². The Bertz CT molecular complexity index is 179. The van der Waals surface area contributed by atoms with E-state index in [2.05, 4.69) is 17.1 Å². The molecule has 0 aliphatic rings. The van der Waals surface area contributed by atoms with Gasteiger partial charge in [0.05, 0.1) is 13.2 Å². The van der Waals surface area contributed by atoms with Gasteiger partial charge in [0.1, 0.15) is 0 Å². The van der Waals surface area contributed by atoms with Crippen molar-refractivity contribution in [2.24, 2.45) is 0 Å². The molecule has 0 spiro atoms. The van der Waals surface area contributed by atoms with E-state index in [0.29, 0.717) is 13.2 Å². The lowest BCUT2D eigenvalue weighted by molar-refractivity contribution is 0.169. The second-order valence-electron chi connectivity index (χ2n) is 3.38. The number of hydrogen-bond donors (Lipinski definition) is 1. The predicted octanol–water partition coefficient (Wildman–Crippen LogP) is 0.864. The molecular formula is C10H22N2O2S. The molecule has 0 saturated carbocycles. The van der Waals surface area contributed by atoms with Crippen LogP contribution in [0.2, 0.25) is 0 Å². The van der Waals surface area contributed by atoms with E-state index in [4.69, 9.17) is 21.7 Å². The van der Waals surface area contributed by atoms with Gasteiger partial charge < -0.3 is 19.7 Å². The standard InChI is InChI=1S/C10H22N2O2S/c1-5-12(6-7-13-3)10(15)11-9(2)8-14-4/h9H,5-8H2,1-4H3,(H,11,15). The first kappa shape index (κ1) is 14.6. The molecule has 0 radical (unpaired) electrons. The van der Waals surface area contributed by atoms with Gasteiger partial charge >= 0.3 is 0 Å². The van der Waals surface area contributed by atoms with E-state index < -0.39 is 0 Å². The number of methoxy groups -OCH3 is 2. The molecule has 1 atom stereocenters. The van der Waals surface area contributed by atoms with Crippen LogP contribution in [0, 0.1) is 0 Å². The molecule has 0 aliphatic carbocycles. The normalized spacial score (nSPS) is 12.3. The lowest BCUT2D eigenvalue weighted by Crippen LogP contribution is -2.46. The Morgan fingerprint density at radius 2 is 2.07 bits per heavy atom. The van der Waals surface area contributed by atoms with E-state index in [1.54, 1.807) is 14.2 Å². The van der Waals surface area contributed by atoms with E-state index in [0.717, 1.165) is 18.2 Å². The average molecular weight is 234 g/mol. The summed E-state index contributed by atoms with van der Waals surface area (Å²) in [6, 6.07) is 0.235. The second-order valence-corrected chi connectivity index (χ2v) is 3.77. The van der Waals surface area contributed by atoms with Crippen molar-refractivity contribution in [3.05, 3.63) is 0 Å². The third kappa shape index (κ3) is 6.65. The van der Waals surface area contributed by atoms with E-state index in [1.165, 1.54) is 0 Å². The molecule has 0 aromatic rings. The molecule has 0 aliphatic heterocycles. The Morgan fingerprint density at radius 3 is 2.53 bits per heavy atom. The fourth-order valence-corrected chi connectivity index (χ4v) is 1.62. The molecular weight excluding hydrogens is 212 g/mol. The quantitative estimate of drug-likeness (QED) is 0.661. The van der Waals surface area contributed by atoms with Crippen LogP contribution in [0.4, 0.5) is 0 Å². The zero-order valence-electron chi connectivity index (χ0n) is 10.1. The summed E-state index contributed by atoms with van der Waals surface area (Å²) in [6.45, 7) is 7.16. The zero-order valence-corrected chi connectivity index (χ0v) is 10.9. The number of hydrogen-bond acceptors (Lipinski definition) is 3. The molecule has 0 saturated heterocycles. The largest absolute Gasteiger partial charge is 0.383 e. The highest BCUT2D eigenvalue weighted by Crippen LogP contribution is 1.92. The van der Waals surface area contributed by atoms with E-state index >= 15 is 0 Å². The minimum Gasteiger partial charge on any atom is -0.383 e. The molecule has 0 fully saturated rings. The summed E-state index contributed by atoms with van der Waals surface area (Å²) in [5, 5.41) is 3.98. The highest BCUT2D eigenvalue weighted by Gasteiger charge is 2.09. The van der Waals surface area contributed by atoms with Crippen LogP contribution in [0.1, 0.15) is 13.8 Å². The molecule has 0 heterocycles. The van der Waals surface area contributed by atoms with Crippen molar-refractivity contribution in [3.8, 4) is 0 Å². The van der Waals surface area contributed by atoms with Crippen molar-refractivity contribution in [1.29, 1.82) is 0 Å². The number of nitrogens with zero attached hydrogens (tertiary/aromatic N) is 1. The first-order valence-electron chi connectivity index (χ1n) is 5.19. The Balaban J connectivity index is 3.91.